The van der Waals surface area contributed by atoms with Gasteiger partial charge in [0.25, 0.3) is 0 Å². The lowest BCUT2D eigenvalue weighted by atomic mass is 10.2. The van der Waals surface area contributed by atoms with Crippen LogP contribution in [0.2, 0.25) is 10.0 Å². The number of oxime groups is 1. The summed E-state index contributed by atoms with van der Waals surface area (Å²) in [4.78, 5) is 0. The lowest BCUT2D eigenvalue weighted by molar-refractivity contribution is 0.318. The summed E-state index contributed by atoms with van der Waals surface area (Å²) in [6.45, 7) is 0. The Morgan fingerprint density at radius 1 is 1.05 bits per heavy atom. The Balaban J connectivity index is 2.30. The van der Waals surface area contributed by atoms with Gasteiger partial charge >= 0.3 is 0 Å². The fourth-order valence-electron chi connectivity index (χ4n) is 1.45. The van der Waals surface area contributed by atoms with E-state index in [2.05, 4.69) is 5.16 Å². The van der Waals surface area contributed by atoms with Crippen LogP contribution in [-0.4, -0.2) is 11.0 Å². The summed E-state index contributed by atoms with van der Waals surface area (Å²) in [6, 6.07) is 11.9. The largest absolute Gasteiger partial charge is 0.454 e. The maximum Gasteiger partial charge on any atom is 0.170 e. The monoisotopic (exact) mass is 296 g/mol. The lowest BCUT2D eigenvalue weighted by Gasteiger charge is -2.09. The summed E-state index contributed by atoms with van der Waals surface area (Å²) in [6.07, 6.45) is 0. The van der Waals surface area contributed by atoms with E-state index in [0.29, 0.717) is 27.1 Å². The Bertz CT molecular complexity index is 630. The molecule has 0 saturated heterocycles. The van der Waals surface area contributed by atoms with Gasteiger partial charge in [-0.3, -0.25) is 0 Å². The zero-order valence-electron chi connectivity index (χ0n) is 9.68. The minimum absolute atomic E-state index is 0.0220. The second kappa shape index (κ2) is 5.82. The summed E-state index contributed by atoms with van der Waals surface area (Å²) in [5, 5.41) is 12.3. The Kier molecular flexibility index (Phi) is 4.14. The van der Waals surface area contributed by atoms with Gasteiger partial charge in [-0.25, -0.2) is 0 Å². The molecule has 0 bridgehead atoms. The maximum absolute atomic E-state index is 8.59. The topological polar surface area (TPSA) is 67.8 Å². The number of nitrogens with two attached hydrogens (primary N) is 1. The SMILES string of the molecule is NC(=NO)c1ccc(Oc2ccccc2Cl)c(Cl)c1. The Hall–Kier alpha value is -1.91. The first kappa shape index (κ1) is 13.5. The molecular formula is C13H10Cl2N2O2. The van der Waals surface area contributed by atoms with Crippen molar-refractivity contribution in [2.24, 2.45) is 10.9 Å². The van der Waals surface area contributed by atoms with Crippen molar-refractivity contribution >= 4 is 29.0 Å². The highest BCUT2D eigenvalue weighted by atomic mass is 35.5. The highest BCUT2D eigenvalue weighted by Crippen LogP contribution is 2.33. The van der Waals surface area contributed by atoms with E-state index in [1.807, 2.05) is 0 Å². The Labute approximate surface area is 120 Å². The smallest absolute Gasteiger partial charge is 0.170 e. The van der Waals surface area contributed by atoms with Gasteiger partial charge in [-0.2, -0.15) is 0 Å². The third kappa shape index (κ3) is 3.10. The van der Waals surface area contributed by atoms with Gasteiger partial charge in [-0.1, -0.05) is 40.5 Å². The van der Waals surface area contributed by atoms with Crippen LogP contribution in [0.1, 0.15) is 5.56 Å². The average molecular weight is 297 g/mol. The number of ether oxygens (including phenoxy) is 1. The third-order valence-electron chi connectivity index (χ3n) is 2.39. The first-order chi connectivity index (χ1) is 9.11. The average Bonchev–Trinajstić information content (AvgIpc) is 2.42. The molecule has 0 aliphatic heterocycles. The molecule has 0 atom stereocenters. The molecule has 0 fully saturated rings. The van der Waals surface area contributed by atoms with E-state index in [9.17, 15) is 0 Å². The lowest BCUT2D eigenvalue weighted by Crippen LogP contribution is -2.12. The van der Waals surface area contributed by atoms with E-state index in [4.69, 9.17) is 38.9 Å². The predicted molar refractivity (Wildman–Crippen MR) is 75.5 cm³/mol. The number of hydrogen-bond acceptors (Lipinski definition) is 3. The van der Waals surface area contributed by atoms with E-state index < -0.39 is 0 Å². The van der Waals surface area contributed by atoms with Gasteiger partial charge in [-0.15, -0.1) is 0 Å². The number of halogens is 2. The van der Waals surface area contributed by atoms with Gasteiger partial charge in [0.05, 0.1) is 10.0 Å². The molecule has 0 heterocycles. The molecule has 19 heavy (non-hydrogen) atoms. The molecule has 4 nitrogen and oxygen atoms in total. The van der Waals surface area contributed by atoms with E-state index in [1.54, 1.807) is 42.5 Å². The van der Waals surface area contributed by atoms with Gasteiger partial charge in [-0.05, 0) is 30.3 Å². The molecule has 2 aromatic carbocycles. The van der Waals surface area contributed by atoms with Gasteiger partial charge in [0.15, 0.2) is 5.84 Å². The second-order valence-electron chi connectivity index (χ2n) is 3.66. The Morgan fingerprint density at radius 2 is 1.74 bits per heavy atom. The van der Waals surface area contributed by atoms with E-state index >= 15 is 0 Å². The fourth-order valence-corrected chi connectivity index (χ4v) is 1.84. The van der Waals surface area contributed by atoms with Crippen molar-refractivity contribution in [3.63, 3.8) is 0 Å². The van der Waals surface area contributed by atoms with Crippen molar-refractivity contribution in [2.75, 3.05) is 0 Å². The van der Waals surface area contributed by atoms with Gasteiger partial charge < -0.3 is 15.7 Å². The molecule has 0 radical (unpaired) electrons. The number of para-hydroxylation sites is 1. The molecule has 0 amide bonds. The van der Waals surface area contributed by atoms with Crippen LogP contribution in [0.4, 0.5) is 0 Å². The summed E-state index contributed by atoms with van der Waals surface area (Å²) in [5.74, 6) is 0.915. The van der Waals surface area contributed by atoms with Crippen LogP contribution in [0, 0.1) is 0 Å². The molecule has 0 aliphatic carbocycles. The normalized spacial score (nSPS) is 11.4. The first-order valence-corrected chi connectivity index (χ1v) is 6.07. The molecule has 3 N–H and O–H groups in total. The highest BCUT2D eigenvalue weighted by Gasteiger charge is 2.08. The molecule has 2 rings (SSSR count). The standard InChI is InChI=1S/C13H10Cl2N2O2/c14-9-3-1-2-4-11(9)19-12-6-5-8(7-10(12)15)13(16)17-18/h1-7,18H,(H2,16,17). The highest BCUT2D eigenvalue weighted by molar-refractivity contribution is 6.33. The van der Waals surface area contributed by atoms with Crippen LogP contribution in [0.3, 0.4) is 0 Å². The van der Waals surface area contributed by atoms with Crippen molar-refractivity contribution in [3.05, 3.63) is 58.1 Å². The number of amidine groups is 1. The fraction of sp³-hybridized carbons (Fsp3) is 0. The van der Waals surface area contributed by atoms with Gasteiger partial charge in [0, 0.05) is 5.56 Å². The zero-order chi connectivity index (χ0) is 13.8. The van der Waals surface area contributed by atoms with Crippen molar-refractivity contribution in [1.29, 1.82) is 0 Å². The van der Waals surface area contributed by atoms with Crippen LogP contribution in [0.5, 0.6) is 11.5 Å². The molecule has 0 aliphatic rings. The summed E-state index contributed by atoms with van der Waals surface area (Å²) in [7, 11) is 0. The first-order valence-electron chi connectivity index (χ1n) is 5.31. The number of nitrogens with zero attached hydrogens (tertiary/aromatic N) is 1. The molecule has 6 heteroatoms. The van der Waals surface area contributed by atoms with Crippen molar-refractivity contribution in [3.8, 4) is 11.5 Å². The van der Waals surface area contributed by atoms with Crippen molar-refractivity contribution in [1.82, 2.24) is 0 Å². The van der Waals surface area contributed by atoms with Gasteiger partial charge in [0.1, 0.15) is 11.5 Å². The van der Waals surface area contributed by atoms with E-state index in [-0.39, 0.29) is 5.84 Å². The third-order valence-corrected chi connectivity index (χ3v) is 3.00. The van der Waals surface area contributed by atoms with Crippen LogP contribution < -0.4 is 10.5 Å². The minimum Gasteiger partial charge on any atom is -0.454 e. The summed E-state index contributed by atoms with van der Waals surface area (Å²) >= 11 is 12.1. The number of benzene rings is 2. The van der Waals surface area contributed by atoms with Crippen molar-refractivity contribution < 1.29 is 9.94 Å². The van der Waals surface area contributed by atoms with Crippen LogP contribution in [-0.2, 0) is 0 Å². The van der Waals surface area contributed by atoms with E-state index in [0.717, 1.165) is 0 Å². The molecule has 0 aromatic heterocycles. The number of rotatable bonds is 3. The molecule has 0 saturated carbocycles. The predicted octanol–water partition coefficient (Wildman–Crippen LogP) is 3.88. The summed E-state index contributed by atoms with van der Waals surface area (Å²) < 4.78 is 5.60. The van der Waals surface area contributed by atoms with Crippen LogP contribution in [0.25, 0.3) is 0 Å². The molecular weight excluding hydrogens is 287 g/mol. The molecule has 0 spiro atoms. The minimum atomic E-state index is -0.0220. The molecule has 0 unspecified atom stereocenters. The van der Waals surface area contributed by atoms with Crippen molar-refractivity contribution in [2.45, 2.75) is 0 Å². The number of hydrogen-bond donors (Lipinski definition) is 2. The van der Waals surface area contributed by atoms with Crippen LogP contribution in [0.15, 0.2) is 47.6 Å². The van der Waals surface area contributed by atoms with E-state index in [1.165, 1.54) is 0 Å². The van der Waals surface area contributed by atoms with Crippen LogP contribution >= 0.6 is 23.2 Å². The molecule has 2 aromatic rings. The van der Waals surface area contributed by atoms with Gasteiger partial charge in [0.2, 0.25) is 0 Å². The zero-order valence-corrected chi connectivity index (χ0v) is 11.2. The summed E-state index contributed by atoms with van der Waals surface area (Å²) in [5.41, 5.74) is 5.97. The quantitative estimate of drug-likeness (QED) is 0.391. The second-order valence-corrected chi connectivity index (χ2v) is 4.48. The maximum atomic E-state index is 8.59. The molecule has 98 valence electrons. The Morgan fingerprint density at radius 3 is 2.37 bits per heavy atom.